The van der Waals surface area contributed by atoms with Crippen LogP contribution in [0.25, 0.3) is 0 Å². The summed E-state index contributed by atoms with van der Waals surface area (Å²) >= 11 is 0. The second-order valence-electron chi connectivity index (χ2n) is 2.27. The van der Waals surface area contributed by atoms with Gasteiger partial charge in [-0.2, -0.15) is 13.2 Å². The quantitative estimate of drug-likeness (QED) is 0.528. The highest BCUT2D eigenvalue weighted by atomic mass is 19.4. The van der Waals surface area contributed by atoms with Gasteiger partial charge in [0.15, 0.2) is 0 Å². The molecule has 5 heteroatoms. The van der Waals surface area contributed by atoms with Crippen LogP contribution in [0.1, 0.15) is 0 Å². The van der Waals surface area contributed by atoms with Gasteiger partial charge in [-0.25, -0.2) is 4.99 Å². The summed E-state index contributed by atoms with van der Waals surface area (Å²) in [7, 11) is 1.66. The van der Waals surface area contributed by atoms with Gasteiger partial charge in [-0.05, 0) is 6.08 Å². The summed E-state index contributed by atoms with van der Waals surface area (Å²) in [5.41, 5.74) is -0.810. The molecule has 0 aromatic heterocycles. The molecule has 0 aromatic carbocycles. The number of aliphatic imine (C=N–C) groups is 1. The second-order valence-corrected chi connectivity index (χ2v) is 2.27. The zero-order chi connectivity index (χ0) is 8.48. The van der Waals surface area contributed by atoms with Crippen molar-refractivity contribution in [2.45, 2.75) is 6.18 Å². The molecule has 0 bridgehead atoms. The Morgan fingerprint density at radius 1 is 1.55 bits per heavy atom. The summed E-state index contributed by atoms with van der Waals surface area (Å²) in [6, 6.07) is 0. The molecule has 62 valence electrons. The number of likely N-dealkylation sites (N-methyl/N-ethyl adjacent to an activating group) is 1. The van der Waals surface area contributed by atoms with Gasteiger partial charge in [0, 0.05) is 13.6 Å². The Hall–Kier alpha value is -1.00. The van der Waals surface area contributed by atoms with E-state index in [-0.39, 0.29) is 6.54 Å². The minimum Gasteiger partial charge on any atom is -0.362 e. The third kappa shape index (κ3) is 1.96. The third-order valence-corrected chi connectivity index (χ3v) is 1.26. The van der Waals surface area contributed by atoms with Gasteiger partial charge in [0.1, 0.15) is 5.70 Å². The van der Waals surface area contributed by atoms with E-state index in [2.05, 4.69) is 4.99 Å². The molecule has 0 unspecified atom stereocenters. The van der Waals surface area contributed by atoms with Crippen molar-refractivity contribution in [3.63, 3.8) is 0 Å². The molecule has 1 heterocycles. The van der Waals surface area contributed by atoms with Crippen LogP contribution in [0.4, 0.5) is 13.2 Å². The Morgan fingerprint density at radius 3 is 2.55 bits per heavy atom. The molecule has 11 heavy (non-hydrogen) atoms. The maximum absolute atomic E-state index is 11.9. The van der Waals surface area contributed by atoms with Crippen molar-refractivity contribution in [2.24, 2.45) is 4.99 Å². The summed E-state index contributed by atoms with van der Waals surface area (Å²) in [6.45, 7) is 0.262. The standard InChI is InChI=1S/C6H7F3N2/c1-11-3-2-5(10-4-11)6(7,8)9/h2,4H,3H2,1H3. The Kier molecular flexibility index (Phi) is 1.89. The van der Waals surface area contributed by atoms with E-state index in [1.165, 1.54) is 6.34 Å². The van der Waals surface area contributed by atoms with E-state index in [0.29, 0.717) is 0 Å². The predicted molar refractivity (Wildman–Crippen MR) is 35.3 cm³/mol. The Balaban J connectivity index is 2.71. The lowest BCUT2D eigenvalue weighted by atomic mass is 10.3. The molecule has 0 radical (unpaired) electrons. The fraction of sp³-hybridized carbons (Fsp3) is 0.500. The van der Waals surface area contributed by atoms with Gasteiger partial charge in [-0.15, -0.1) is 0 Å². The average Bonchev–Trinajstić information content (AvgIpc) is 1.86. The SMILES string of the molecule is CN1C=NC(C(F)(F)F)=CC1. The second kappa shape index (κ2) is 2.56. The Labute approximate surface area is 62.0 Å². The molecule has 0 spiro atoms. The number of rotatable bonds is 0. The Morgan fingerprint density at radius 2 is 2.18 bits per heavy atom. The lowest BCUT2D eigenvalue weighted by molar-refractivity contribution is -0.0929. The number of halogens is 3. The van der Waals surface area contributed by atoms with E-state index in [4.69, 9.17) is 0 Å². The van der Waals surface area contributed by atoms with Crippen LogP contribution >= 0.6 is 0 Å². The zero-order valence-electron chi connectivity index (χ0n) is 5.89. The summed E-state index contributed by atoms with van der Waals surface area (Å²) in [6.07, 6.45) is -2.08. The van der Waals surface area contributed by atoms with Crippen molar-refractivity contribution in [3.8, 4) is 0 Å². The van der Waals surface area contributed by atoms with Gasteiger partial charge in [0.25, 0.3) is 0 Å². The van der Waals surface area contributed by atoms with Gasteiger partial charge in [0.2, 0.25) is 0 Å². The molecule has 1 aliphatic rings. The summed E-state index contributed by atoms with van der Waals surface area (Å²) < 4.78 is 35.6. The molecule has 0 aromatic rings. The van der Waals surface area contributed by atoms with Crippen LogP contribution in [-0.4, -0.2) is 31.0 Å². The van der Waals surface area contributed by atoms with E-state index in [1.807, 2.05) is 0 Å². The predicted octanol–water partition coefficient (Wildman–Crippen LogP) is 1.41. The van der Waals surface area contributed by atoms with Gasteiger partial charge >= 0.3 is 6.18 Å². The lowest BCUT2D eigenvalue weighted by Crippen LogP contribution is -2.23. The summed E-state index contributed by atoms with van der Waals surface area (Å²) in [4.78, 5) is 4.78. The highest BCUT2D eigenvalue weighted by Gasteiger charge is 2.34. The fourth-order valence-electron chi connectivity index (χ4n) is 0.680. The van der Waals surface area contributed by atoms with Gasteiger partial charge in [-0.3, -0.25) is 0 Å². The van der Waals surface area contributed by atoms with Crippen LogP contribution in [0, 0.1) is 0 Å². The topological polar surface area (TPSA) is 15.6 Å². The maximum atomic E-state index is 11.9. The molecule has 0 amide bonds. The monoisotopic (exact) mass is 164 g/mol. The van der Waals surface area contributed by atoms with Crippen LogP contribution < -0.4 is 0 Å². The molecular formula is C6H7F3N2. The molecule has 0 N–H and O–H groups in total. The number of alkyl halides is 3. The fourth-order valence-corrected chi connectivity index (χ4v) is 0.680. The molecule has 0 fully saturated rings. The number of allylic oxidation sites excluding steroid dienone is 1. The zero-order valence-corrected chi connectivity index (χ0v) is 5.89. The molecule has 2 nitrogen and oxygen atoms in total. The van der Waals surface area contributed by atoms with Crippen LogP contribution in [0.3, 0.4) is 0 Å². The number of hydrogen-bond acceptors (Lipinski definition) is 2. The summed E-state index contributed by atoms with van der Waals surface area (Å²) in [5.74, 6) is 0. The number of nitrogens with zero attached hydrogens (tertiary/aromatic N) is 2. The van der Waals surface area contributed by atoms with Crippen LogP contribution in [0.2, 0.25) is 0 Å². The highest BCUT2D eigenvalue weighted by Crippen LogP contribution is 2.27. The van der Waals surface area contributed by atoms with Crippen molar-refractivity contribution < 1.29 is 13.2 Å². The molecule has 0 aliphatic carbocycles. The van der Waals surface area contributed by atoms with Crippen LogP contribution in [-0.2, 0) is 0 Å². The minimum atomic E-state index is -4.31. The largest absolute Gasteiger partial charge is 0.433 e. The molecule has 0 saturated carbocycles. The molecule has 0 atom stereocenters. The van der Waals surface area contributed by atoms with E-state index in [9.17, 15) is 13.2 Å². The van der Waals surface area contributed by atoms with Crippen molar-refractivity contribution in [3.05, 3.63) is 11.8 Å². The van der Waals surface area contributed by atoms with E-state index >= 15 is 0 Å². The van der Waals surface area contributed by atoms with E-state index in [0.717, 1.165) is 6.08 Å². The average molecular weight is 164 g/mol. The van der Waals surface area contributed by atoms with Crippen molar-refractivity contribution in [1.82, 2.24) is 4.90 Å². The third-order valence-electron chi connectivity index (χ3n) is 1.26. The van der Waals surface area contributed by atoms with Crippen molar-refractivity contribution in [2.75, 3.05) is 13.6 Å². The van der Waals surface area contributed by atoms with E-state index < -0.39 is 11.9 Å². The van der Waals surface area contributed by atoms with Crippen molar-refractivity contribution >= 4 is 6.34 Å². The van der Waals surface area contributed by atoms with Gasteiger partial charge in [0.05, 0.1) is 6.34 Å². The Bertz CT molecular complexity index is 204. The molecular weight excluding hydrogens is 157 g/mol. The smallest absolute Gasteiger partial charge is 0.362 e. The molecule has 1 rings (SSSR count). The molecule has 1 aliphatic heterocycles. The maximum Gasteiger partial charge on any atom is 0.433 e. The first-order valence-corrected chi connectivity index (χ1v) is 3.02. The number of hydrogen-bond donors (Lipinski definition) is 0. The highest BCUT2D eigenvalue weighted by molar-refractivity contribution is 5.58. The summed E-state index contributed by atoms with van der Waals surface area (Å²) in [5, 5.41) is 0. The van der Waals surface area contributed by atoms with Crippen molar-refractivity contribution in [1.29, 1.82) is 0 Å². The van der Waals surface area contributed by atoms with Crippen LogP contribution in [0.5, 0.6) is 0 Å². The first-order chi connectivity index (χ1) is 5.00. The lowest BCUT2D eigenvalue weighted by Gasteiger charge is -2.17. The van der Waals surface area contributed by atoms with Crippen LogP contribution in [0.15, 0.2) is 16.8 Å². The normalized spacial score (nSPS) is 18.5. The minimum absolute atomic E-state index is 0.262. The van der Waals surface area contributed by atoms with Gasteiger partial charge in [-0.1, -0.05) is 0 Å². The van der Waals surface area contributed by atoms with Gasteiger partial charge < -0.3 is 4.90 Å². The molecule has 0 saturated heterocycles. The first kappa shape index (κ1) is 8.10. The van der Waals surface area contributed by atoms with E-state index in [1.54, 1.807) is 11.9 Å². The first-order valence-electron chi connectivity index (χ1n) is 3.02.